The molecule has 0 spiro atoms. The molecule has 0 bridgehead atoms. The molecule has 1 aromatic carbocycles. The van der Waals surface area contributed by atoms with Crippen molar-refractivity contribution in [2.75, 3.05) is 0 Å². The van der Waals surface area contributed by atoms with E-state index in [2.05, 4.69) is 16.4 Å². The Kier molecular flexibility index (Phi) is 4.12. The summed E-state index contributed by atoms with van der Waals surface area (Å²) in [6.45, 7) is 3.78. The van der Waals surface area contributed by atoms with Gasteiger partial charge in [0.15, 0.2) is 0 Å². The predicted octanol–water partition coefficient (Wildman–Crippen LogP) is 2.82. The van der Waals surface area contributed by atoms with E-state index < -0.39 is 0 Å². The van der Waals surface area contributed by atoms with Gasteiger partial charge in [0, 0.05) is 17.5 Å². The molecule has 1 fully saturated rings. The van der Waals surface area contributed by atoms with E-state index in [1.807, 2.05) is 44.3 Å². The van der Waals surface area contributed by atoms with Gasteiger partial charge in [-0.25, -0.2) is 0 Å². The quantitative estimate of drug-likeness (QED) is 0.912. The van der Waals surface area contributed by atoms with E-state index in [9.17, 15) is 9.90 Å². The molecule has 116 valence electrons. The zero-order chi connectivity index (χ0) is 15.7. The summed E-state index contributed by atoms with van der Waals surface area (Å²) in [4.78, 5) is 16.6. The smallest absolute Gasteiger partial charge is 0.223 e. The molecule has 0 unspecified atom stereocenters. The fourth-order valence-electron chi connectivity index (χ4n) is 2.95. The number of carbonyl (C=O) groups excluding carboxylic acids is 1. The highest BCUT2D eigenvalue weighted by Crippen LogP contribution is 2.38. The summed E-state index contributed by atoms with van der Waals surface area (Å²) < 4.78 is 0. The number of amides is 1. The van der Waals surface area contributed by atoms with Crippen molar-refractivity contribution in [2.24, 2.45) is 11.8 Å². The van der Waals surface area contributed by atoms with Crippen LogP contribution in [0, 0.1) is 11.8 Å². The minimum Gasteiger partial charge on any atom is -0.393 e. The third kappa shape index (κ3) is 2.97. The number of hydrogen-bond acceptors (Lipinski definition) is 3. The Morgan fingerprint density at radius 2 is 2.05 bits per heavy atom. The lowest BCUT2D eigenvalue weighted by molar-refractivity contribution is -0.126. The number of para-hydroxylation sites is 1. The van der Waals surface area contributed by atoms with Crippen LogP contribution in [0.1, 0.15) is 38.3 Å². The van der Waals surface area contributed by atoms with E-state index in [1.54, 1.807) is 0 Å². The highest BCUT2D eigenvalue weighted by Gasteiger charge is 2.36. The highest BCUT2D eigenvalue weighted by atomic mass is 16.3. The number of carbonyl (C=O) groups is 1. The zero-order valence-corrected chi connectivity index (χ0v) is 13.0. The second kappa shape index (κ2) is 6.05. The van der Waals surface area contributed by atoms with Gasteiger partial charge in [-0.1, -0.05) is 32.0 Å². The molecule has 1 saturated carbocycles. The minimum absolute atomic E-state index is 0.0412. The van der Waals surface area contributed by atoms with Gasteiger partial charge in [-0.15, -0.1) is 0 Å². The summed E-state index contributed by atoms with van der Waals surface area (Å²) in [5.41, 5.74) is 1.97. The van der Waals surface area contributed by atoms with E-state index >= 15 is 0 Å². The maximum Gasteiger partial charge on any atom is 0.223 e. The molecular formula is C18H22N2O2. The van der Waals surface area contributed by atoms with E-state index in [0.29, 0.717) is 0 Å². The molecule has 1 heterocycles. The molecule has 2 N–H and O–H groups in total. The molecule has 22 heavy (non-hydrogen) atoms. The number of fused-ring (bicyclic) bond motifs is 1. The first-order chi connectivity index (χ1) is 10.5. The summed E-state index contributed by atoms with van der Waals surface area (Å²) in [5, 5.41) is 13.8. The van der Waals surface area contributed by atoms with Gasteiger partial charge in [-0.2, -0.15) is 0 Å². The van der Waals surface area contributed by atoms with Crippen LogP contribution in [0.2, 0.25) is 0 Å². The third-order valence-corrected chi connectivity index (χ3v) is 4.41. The van der Waals surface area contributed by atoms with Crippen LogP contribution in [0.25, 0.3) is 10.9 Å². The van der Waals surface area contributed by atoms with Gasteiger partial charge in [0.25, 0.3) is 0 Å². The number of pyridine rings is 1. The third-order valence-electron chi connectivity index (χ3n) is 4.41. The highest BCUT2D eigenvalue weighted by molar-refractivity contribution is 5.80. The van der Waals surface area contributed by atoms with Crippen molar-refractivity contribution in [1.82, 2.24) is 10.3 Å². The van der Waals surface area contributed by atoms with Gasteiger partial charge in [-0.05, 0) is 36.5 Å². The lowest BCUT2D eigenvalue weighted by Crippen LogP contribution is -2.42. The van der Waals surface area contributed by atoms with Gasteiger partial charge in [0.2, 0.25) is 5.91 Å². The van der Waals surface area contributed by atoms with E-state index in [-0.39, 0.29) is 29.9 Å². The van der Waals surface area contributed by atoms with Crippen molar-refractivity contribution in [3.05, 3.63) is 42.1 Å². The molecule has 1 atom stereocenters. The maximum atomic E-state index is 12.1. The Labute approximate surface area is 130 Å². The normalized spacial score (nSPS) is 22.4. The van der Waals surface area contributed by atoms with E-state index in [1.165, 1.54) is 0 Å². The van der Waals surface area contributed by atoms with Crippen LogP contribution in [0.15, 0.2) is 36.5 Å². The fourth-order valence-corrected chi connectivity index (χ4v) is 2.95. The van der Waals surface area contributed by atoms with E-state index in [4.69, 9.17) is 0 Å². The van der Waals surface area contributed by atoms with Gasteiger partial charge in [0.1, 0.15) is 0 Å². The first kappa shape index (κ1) is 15.0. The van der Waals surface area contributed by atoms with Crippen LogP contribution in [0.4, 0.5) is 0 Å². The maximum absolute atomic E-state index is 12.1. The number of aliphatic hydroxyl groups is 1. The number of nitrogens with one attached hydrogen (secondary N) is 1. The molecule has 3 rings (SSSR count). The predicted molar refractivity (Wildman–Crippen MR) is 86.2 cm³/mol. The molecule has 4 heteroatoms. The average Bonchev–Trinajstić information content (AvgIpc) is 2.49. The Bertz CT molecular complexity index is 678. The van der Waals surface area contributed by atoms with Crippen molar-refractivity contribution in [2.45, 2.75) is 38.8 Å². The van der Waals surface area contributed by atoms with Crippen LogP contribution in [0.5, 0.6) is 0 Å². The molecule has 0 saturated heterocycles. The number of rotatable bonds is 4. The molecule has 1 aliphatic rings. The molecule has 0 aliphatic heterocycles. The van der Waals surface area contributed by atoms with Gasteiger partial charge < -0.3 is 10.4 Å². The zero-order valence-electron chi connectivity index (χ0n) is 13.0. The molecule has 1 amide bonds. The summed E-state index contributed by atoms with van der Waals surface area (Å²) in [5.74, 6) is 0.265. The minimum atomic E-state index is -0.239. The molecule has 2 aromatic rings. The summed E-state index contributed by atoms with van der Waals surface area (Å²) in [7, 11) is 0. The molecular weight excluding hydrogens is 276 g/mol. The number of aromatic nitrogens is 1. The lowest BCUT2D eigenvalue weighted by Gasteiger charge is -2.38. The largest absolute Gasteiger partial charge is 0.393 e. The van der Waals surface area contributed by atoms with Crippen molar-refractivity contribution in [3.63, 3.8) is 0 Å². The van der Waals surface area contributed by atoms with Crippen molar-refractivity contribution in [3.8, 4) is 0 Å². The Hall–Kier alpha value is -1.94. The van der Waals surface area contributed by atoms with Crippen molar-refractivity contribution >= 4 is 16.8 Å². The standard InChI is InChI=1S/C18H22N2O2/c1-11(2)18(22)20-17(13-8-15(21)9-13)14-7-12-5-3-4-6-16(12)19-10-14/h3-7,10-11,13,15,17,21H,8-9H2,1-2H3,(H,20,22)/t13?,15?,17-/m1/s1. The fraction of sp³-hybridized carbons (Fsp3) is 0.444. The van der Waals surface area contributed by atoms with Crippen LogP contribution >= 0.6 is 0 Å². The second-order valence-corrected chi connectivity index (χ2v) is 6.49. The van der Waals surface area contributed by atoms with Crippen LogP contribution < -0.4 is 5.32 Å². The molecule has 0 radical (unpaired) electrons. The van der Waals surface area contributed by atoms with Crippen molar-refractivity contribution < 1.29 is 9.90 Å². The number of nitrogens with zero attached hydrogens (tertiary/aromatic N) is 1. The second-order valence-electron chi connectivity index (χ2n) is 6.49. The van der Waals surface area contributed by atoms with Gasteiger partial charge in [0.05, 0.1) is 17.7 Å². The SMILES string of the molecule is CC(C)C(=O)N[C@@H](c1cnc2ccccc2c1)C1CC(O)C1. The summed E-state index contributed by atoms with van der Waals surface area (Å²) >= 11 is 0. The first-order valence-electron chi connectivity index (χ1n) is 7.87. The average molecular weight is 298 g/mol. The molecule has 1 aromatic heterocycles. The summed E-state index contributed by atoms with van der Waals surface area (Å²) in [6.07, 6.45) is 3.07. The Morgan fingerprint density at radius 3 is 2.73 bits per heavy atom. The monoisotopic (exact) mass is 298 g/mol. The number of aliphatic hydroxyl groups excluding tert-OH is 1. The Morgan fingerprint density at radius 1 is 1.32 bits per heavy atom. The molecule has 4 nitrogen and oxygen atoms in total. The summed E-state index contributed by atoms with van der Waals surface area (Å²) in [6, 6.07) is 9.99. The Balaban J connectivity index is 1.90. The molecule has 1 aliphatic carbocycles. The number of hydrogen-bond donors (Lipinski definition) is 2. The lowest BCUT2D eigenvalue weighted by atomic mass is 9.75. The number of benzene rings is 1. The van der Waals surface area contributed by atoms with Crippen LogP contribution in [-0.4, -0.2) is 22.1 Å². The first-order valence-corrected chi connectivity index (χ1v) is 7.87. The van der Waals surface area contributed by atoms with Gasteiger partial charge >= 0.3 is 0 Å². The van der Waals surface area contributed by atoms with Crippen LogP contribution in [0.3, 0.4) is 0 Å². The topological polar surface area (TPSA) is 62.2 Å². The van der Waals surface area contributed by atoms with Gasteiger partial charge in [-0.3, -0.25) is 9.78 Å². The van der Waals surface area contributed by atoms with Crippen LogP contribution in [-0.2, 0) is 4.79 Å². The van der Waals surface area contributed by atoms with Crippen molar-refractivity contribution in [1.29, 1.82) is 0 Å². The van der Waals surface area contributed by atoms with E-state index in [0.717, 1.165) is 29.3 Å².